The predicted molar refractivity (Wildman–Crippen MR) is 79.2 cm³/mol. The molecule has 1 heterocycles. The summed E-state index contributed by atoms with van der Waals surface area (Å²) in [4.78, 5) is 6.23. The van der Waals surface area contributed by atoms with Crippen LogP contribution < -0.4 is 5.73 Å². The van der Waals surface area contributed by atoms with E-state index in [1.165, 1.54) is 47.7 Å². The molecule has 0 radical (unpaired) electrons. The molecule has 0 amide bonds. The van der Waals surface area contributed by atoms with Gasteiger partial charge in [0, 0.05) is 16.3 Å². The lowest BCUT2D eigenvalue weighted by atomic mass is 9.90. The van der Waals surface area contributed by atoms with E-state index in [4.69, 9.17) is 10.7 Å². The zero-order valence-corrected chi connectivity index (χ0v) is 12.9. The SMILES string of the molecule is CC(C)c1nc(C2CCCCC2)sc1C(C)(C)N. The van der Waals surface area contributed by atoms with Crippen molar-refractivity contribution in [2.75, 3.05) is 0 Å². The summed E-state index contributed by atoms with van der Waals surface area (Å²) < 4.78 is 0. The number of nitrogens with two attached hydrogens (primary N) is 1. The summed E-state index contributed by atoms with van der Waals surface area (Å²) >= 11 is 1.87. The zero-order chi connectivity index (χ0) is 13.3. The van der Waals surface area contributed by atoms with Gasteiger partial charge in [-0.3, -0.25) is 0 Å². The third-order valence-corrected chi connectivity index (χ3v) is 5.33. The van der Waals surface area contributed by atoms with E-state index in [0.717, 1.165) is 0 Å². The first kappa shape index (κ1) is 14.0. The molecular weight excluding hydrogens is 240 g/mol. The van der Waals surface area contributed by atoms with Gasteiger partial charge in [0.15, 0.2) is 0 Å². The summed E-state index contributed by atoms with van der Waals surface area (Å²) in [5.41, 5.74) is 7.28. The summed E-state index contributed by atoms with van der Waals surface area (Å²) in [7, 11) is 0. The standard InChI is InChI=1S/C15H26N2S/c1-10(2)12-13(15(3,4)16)18-14(17-12)11-8-6-5-7-9-11/h10-11H,5-9,16H2,1-4H3. The van der Waals surface area contributed by atoms with Gasteiger partial charge in [-0.1, -0.05) is 33.1 Å². The zero-order valence-electron chi connectivity index (χ0n) is 12.1. The van der Waals surface area contributed by atoms with Crippen molar-refractivity contribution >= 4 is 11.3 Å². The highest BCUT2D eigenvalue weighted by molar-refractivity contribution is 7.12. The van der Waals surface area contributed by atoms with Gasteiger partial charge in [-0.2, -0.15) is 0 Å². The van der Waals surface area contributed by atoms with E-state index in [2.05, 4.69) is 27.7 Å². The van der Waals surface area contributed by atoms with Gasteiger partial charge in [0.05, 0.1) is 10.7 Å². The molecule has 2 N–H and O–H groups in total. The van der Waals surface area contributed by atoms with Crippen LogP contribution in [0.2, 0.25) is 0 Å². The fourth-order valence-corrected chi connectivity index (χ4v) is 4.13. The molecule has 0 aromatic carbocycles. The van der Waals surface area contributed by atoms with Crippen molar-refractivity contribution in [2.45, 2.75) is 77.2 Å². The lowest BCUT2D eigenvalue weighted by Gasteiger charge is -2.20. The Hall–Kier alpha value is -0.410. The van der Waals surface area contributed by atoms with E-state index in [-0.39, 0.29) is 5.54 Å². The molecule has 1 aromatic rings. The van der Waals surface area contributed by atoms with Crippen LogP contribution in [0, 0.1) is 0 Å². The molecule has 0 bridgehead atoms. The molecule has 0 unspecified atom stereocenters. The maximum Gasteiger partial charge on any atom is 0.0962 e. The number of aromatic nitrogens is 1. The van der Waals surface area contributed by atoms with Crippen LogP contribution in [0.3, 0.4) is 0 Å². The molecule has 1 aliphatic carbocycles. The number of hydrogen-bond donors (Lipinski definition) is 1. The molecule has 0 aliphatic heterocycles. The average Bonchev–Trinajstić information content (AvgIpc) is 2.74. The van der Waals surface area contributed by atoms with Crippen LogP contribution in [0.1, 0.15) is 87.2 Å². The average molecular weight is 266 g/mol. The first-order valence-corrected chi connectivity index (χ1v) is 8.01. The van der Waals surface area contributed by atoms with Crippen molar-refractivity contribution in [1.29, 1.82) is 0 Å². The van der Waals surface area contributed by atoms with E-state index < -0.39 is 0 Å². The minimum atomic E-state index is -0.260. The Morgan fingerprint density at radius 1 is 1.22 bits per heavy atom. The molecular formula is C15H26N2S. The van der Waals surface area contributed by atoms with Crippen molar-refractivity contribution < 1.29 is 0 Å². The Kier molecular flexibility index (Phi) is 4.12. The Balaban J connectivity index is 2.32. The molecule has 3 heteroatoms. The quantitative estimate of drug-likeness (QED) is 0.874. The number of hydrogen-bond acceptors (Lipinski definition) is 3. The molecule has 0 spiro atoms. The molecule has 102 valence electrons. The van der Waals surface area contributed by atoms with Gasteiger partial charge in [0.1, 0.15) is 0 Å². The van der Waals surface area contributed by atoms with E-state index >= 15 is 0 Å². The van der Waals surface area contributed by atoms with E-state index in [1.807, 2.05) is 11.3 Å². The largest absolute Gasteiger partial charge is 0.321 e. The van der Waals surface area contributed by atoms with E-state index in [0.29, 0.717) is 11.8 Å². The molecule has 2 rings (SSSR count). The van der Waals surface area contributed by atoms with Gasteiger partial charge in [-0.05, 0) is 32.6 Å². The van der Waals surface area contributed by atoms with E-state index in [1.54, 1.807) is 0 Å². The second kappa shape index (κ2) is 5.30. The highest BCUT2D eigenvalue weighted by Crippen LogP contribution is 2.40. The molecule has 18 heavy (non-hydrogen) atoms. The smallest absolute Gasteiger partial charge is 0.0962 e. The molecule has 1 aromatic heterocycles. The fourth-order valence-electron chi connectivity index (χ4n) is 2.73. The fraction of sp³-hybridized carbons (Fsp3) is 0.800. The number of nitrogens with zero attached hydrogens (tertiary/aromatic N) is 1. The molecule has 0 saturated heterocycles. The van der Waals surface area contributed by atoms with Crippen molar-refractivity contribution in [3.05, 3.63) is 15.6 Å². The van der Waals surface area contributed by atoms with Crippen LogP contribution in [0.15, 0.2) is 0 Å². The molecule has 0 atom stereocenters. The normalized spacial score (nSPS) is 18.6. The summed E-state index contributed by atoms with van der Waals surface area (Å²) in [5.74, 6) is 1.16. The van der Waals surface area contributed by atoms with Crippen LogP contribution in [0.25, 0.3) is 0 Å². The summed E-state index contributed by atoms with van der Waals surface area (Å²) in [6.07, 6.45) is 6.75. The Bertz CT molecular complexity index is 395. The minimum absolute atomic E-state index is 0.260. The second-order valence-corrected chi connectivity index (χ2v) is 7.51. The topological polar surface area (TPSA) is 38.9 Å². The number of thiazole rings is 1. The van der Waals surface area contributed by atoms with Crippen LogP contribution in [0.5, 0.6) is 0 Å². The molecule has 1 aliphatic rings. The third kappa shape index (κ3) is 2.94. The van der Waals surface area contributed by atoms with Crippen LogP contribution in [-0.4, -0.2) is 4.98 Å². The first-order chi connectivity index (χ1) is 8.39. The van der Waals surface area contributed by atoms with Gasteiger partial charge in [-0.25, -0.2) is 4.98 Å². The summed E-state index contributed by atoms with van der Waals surface area (Å²) in [6, 6.07) is 0. The maximum atomic E-state index is 6.31. The van der Waals surface area contributed by atoms with Crippen LogP contribution >= 0.6 is 11.3 Å². The second-order valence-electron chi connectivity index (χ2n) is 6.48. The number of rotatable bonds is 3. The molecule has 1 fully saturated rings. The lowest BCUT2D eigenvalue weighted by molar-refractivity contribution is 0.441. The first-order valence-electron chi connectivity index (χ1n) is 7.19. The van der Waals surface area contributed by atoms with Gasteiger partial charge in [0.25, 0.3) is 0 Å². The van der Waals surface area contributed by atoms with Gasteiger partial charge < -0.3 is 5.73 Å². The predicted octanol–water partition coefficient (Wildman–Crippen LogP) is 4.51. The monoisotopic (exact) mass is 266 g/mol. The van der Waals surface area contributed by atoms with Crippen molar-refractivity contribution in [3.8, 4) is 0 Å². The summed E-state index contributed by atoms with van der Waals surface area (Å²) in [6.45, 7) is 8.62. The van der Waals surface area contributed by atoms with Gasteiger partial charge >= 0.3 is 0 Å². The van der Waals surface area contributed by atoms with Crippen molar-refractivity contribution in [2.24, 2.45) is 5.73 Å². The van der Waals surface area contributed by atoms with Crippen LogP contribution in [0.4, 0.5) is 0 Å². The lowest BCUT2D eigenvalue weighted by Crippen LogP contribution is -2.28. The third-order valence-electron chi connectivity index (χ3n) is 3.76. The molecule has 2 nitrogen and oxygen atoms in total. The van der Waals surface area contributed by atoms with Crippen molar-refractivity contribution in [1.82, 2.24) is 4.98 Å². The Labute approximate surface area is 115 Å². The highest BCUT2D eigenvalue weighted by atomic mass is 32.1. The molecule has 1 saturated carbocycles. The Morgan fingerprint density at radius 2 is 1.83 bits per heavy atom. The van der Waals surface area contributed by atoms with Crippen LogP contribution in [-0.2, 0) is 5.54 Å². The minimum Gasteiger partial charge on any atom is -0.321 e. The summed E-state index contributed by atoms with van der Waals surface area (Å²) in [5, 5.41) is 1.34. The van der Waals surface area contributed by atoms with E-state index in [9.17, 15) is 0 Å². The highest BCUT2D eigenvalue weighted by Gasteiger charge is 2.28. The maximum absolute atomic E-state index is 6.31. The Morgan fingerprint density at radius 3 is 2.28 bits per heavy atom. The van der Waals surface area contributed by atoms with Gasteiger partial charge in [0.2, 0.25) is 0 Å². The van der Waals surface area contributed by atoms with Crippen molar-refractivity contribution in [3.63, 3.8) is 0 Å². The van der Waals surface area contributed by atoms with Gasteiger partial charge in [-0.15, -0.1) is 11.3 Å².